The summed E-state index contributed by atoms with van der Waals surface area (Å²) in [6, 6.07) is 0. The summed E-state index contributed by atoms with van der Waals surface area (Å²) in [5, 5.41) is 3.52. The van der Waals surface area contributed by atoms with Crippen molar-refractivity contribution >= 4 is 0 Å². The molecule has 2 aliphatic rings. The minimum Gasteiger partial charge on any atom is -0.316 e. The summed E-state index contributed by atoms with van der Waals surface area (Å²) in [4.78, 5) is 0. The molecule has 0 bridgehead atoms. The van der Waals surface area contributed by atoms with Crippen LogP contribution in [0.3, 0.4) is 0 Å². The van der Waals surface area contributed by atoms with Gasteiger partial charge in [0, 0.05) is 0 Å². The van der Waals surface area contributed by atoms with Crippen molar-refractivity contribution in [2.75, 3.05) is 13.1 Å². The Bertz CT molecular complexity index is 144. The first-order valence-electron chi connectivity index (χ1n) is 5.61. The fourth-order valence-corrected chi connectivity index (χ4v) is 2.99. The highest BCUT2D eigenvalue weighted by Crippen LogP contribution is 2.38. The van der Waals surface area contributed by atoms with Crippen molar-refractivity contribution in [3.8, 4) is 0 Å². The molecule has 0 aromatic heterocycles. The second-order valence-electron chi connectivity index (χ2n) is 4.60. The van der Waals surface area contributed by atoms with Crippen LogP contribution in [0, 0.1) is 17.8 Å². The SMILES string of the molecule is CCC1CCC2CNCCC2C1. The zero-order valence-corrected chi connectivity index (χ0v) is 8.18. The minimum absolute atomic E-state index is 1.03. The number of hydrogen-bond acceptors (Lipinski definition) is 1. The van der Waals surface area contributed by atoms with Crippen molar-refractivity contribution < 1.29 is 0 Å². The lowest BCUT2D eigenvalue weighted by Gasteiger charge is -2.39. The van der Waals surface area contributed by atoms with Gasteiger partial charge in [-0.15, -0.1) is 0 Å². The molecule has 1 N–H and O–H groups in total. The normalized spacial score (nSPS) is 42.2. The van der Waals surface area contributed by atoms with E-state index in [9.17, 15) is 0 Å². The first kappa shape index (κ1) is 8.55. The smallest absolute Gasteiger partial charge is 0.00179 e. The second kappa shape index (κ2) is 3.78. The highest BCUT2D eigenvalue weighted by molar-refractivity contribution is 4.84. The van der Waals surface area contributed by atoms with Crippen molar-refractivity contribution in [1.29, 1.82) is 0 Å². The predicted octanol–water partition coefficient (Wildman–Crippen LogP) is 2.42. The van der Waals surface area contributed by atoms with E-state index in [1.54, 1.807) is 0 Å². The average molecular weight is 167 g/mol. The topological polar surface area (TPSA) is 12.0 Å². The Balaban J connectivity index is 1.90. The summed E-state index contributed by atoms with van der Waals surface area (Å²) < 4.78 is 0. The van der Waals surface area contributed by atoms with Crippen molar-refractivity contribution in [1.82, 2.24) is 5.32 Å². The van der Waals surface area contributed by atoms with Crippen LogP contribution in [0.1, 0.15) is 39.0 Å². The van der Waals surface area contributed by atoms with Crippen LogP contribution in [0.4, 0.5) is 0 Å². The van der Waals surface area contributed by atoms with E-state index >= 15 is 0 Å². The van der Waals surface area contributed by atoms with Crippen LogP contribution in [0.2, 0.25) is 0 Å². The largest absolute Gasteiger partial charge is 0.316 e. The van der Waals surface area contributed by atoms with E-state index in [4.69, 9.17) is 0 Å². The second-order valence-corrected chi connectivity index (χ2v) is 4.60. The number of hydrogen-bond donors (Lipinski definition) is 1. The molecule has 1 heterocycles. The first-order chi connectivity index (χ1) is 5.90. The maximum absolute atomic E-state index is 3.52. The molecular formula is C11H21N. The van der Waals surface area contributed by atoms with Crippen molar-refractivity contribution in [2.24, 2.45) is 17.8 Å². The summed E-state index contributed by atoms with van der Waals surface area (Å²) in [5.74, 6) is 3.16. The van der Waals surface area contributed by atoms with E-state index in [1.165, 1.54) is 45.2 Å². The Labute approximate surface area is 75.9 Å². The predicted molar refractivity (Wildman–Crippen MR) is 52.1 cm³/mol. The third kappa shape index (κ3) is 1.66. The Kier molecular flexibility index (Phi) is 2.69. The number of piperidine rings is 1. The molecular weight excluding hydrogens is 146 g/mol. The summed E-state index contributed by atoms with van der Waals surface area (Å²) >= 11 is 0. The zero-order chi connectivity index (χ0) is 8.39. The number of rotatable bonds is 1. The van der Waals surface area contributed by atoms with Gasteiger partial charge in [0.05, 0.1) is 0 Å². The highest BCUT2D eigenvalue weighted by atomic mass is 14.9. The van der Waals surface area contributed by atoms with E-state index in [1.807, 2.05) is 0 Å². The molecule has 70 valence electrons. The fraction of sp³-hybridized carbons (Fsp3) is 1.00. The van der Waals surface area contributed by atoms with Gasteiger partial charge < -0.3 is 5.32 Å². The van der Waals surface area contributed by atoms with Crippen LogP contribution >= 0.6 is 0 Å². The number of fused-ring (bicyclic) bond motifs is 1. The van der Waals surface area contributed by atoms with E-state index in [2.05, 4.69) is 12.2 Å². The lowest BCUT2D eigenvalue weighted by atomic mass is 9.70. The first-order valence-corrected chi connectivity index (χ1v) is 5.61. The lowest BCUT2D eigenvalue weighted by molar-refractivity contribution is 0.139. The number of nitrogens with one attached hydrogen (secondary N) is 1. The highest BCUT2D eigenvalue weighted by Gasteiger charge is 2.30. The van der Waals surface area contributed by atoms with Gasteiger partial charge in [0.1, 0.15) is 0 Å². The van der Waals surface area contributed by atoms with Crippen LogP contribution < -0.4 is 5.32 Å². The Hall–Kier alpha value is -0.0400. The maximum Gasteiger partial charge on any atom is -0.00179 e. The summed E-state index contributed by atoms with van der Waals surface area (Å²) in [5.41, 5.74) is 0. The summed E-state index contributed by atoms with van der Waals surface area (Å²) in [7, 11) is 0. The molecule has 2 fully saturated rings. The molecule has 1 heteroatoms. The van der Waals surface area contributed by atoms with E-state index in [0.717, 1.165) is 17.8 Å². The fourth-order valence-electron chi connectivity index (χ4n) is 2.99. The van der Waals surface area contributed by atoms with Gasteiger partial charge in [-0.2, -0.15) is 0 Å². The molecule has 0 amide bonds. The van der Waals surface area contributed by atoms with Crippen LogP contribution in [0.15, 0.2) is 0 Å². The Morgan fingerprint density at radius 3 is 2.92 bits per heavy atom. The van der Waals surface area contributed by atoms with Crippen LogP contribution in [-0.4, -0.2) is 13.1 Å². The van der Waals surface area contributed by atoms with Crippen LogP contribution in [0.25, 0.3) is 0 Å². The van der Waals surface area contributed by atoms with Gasteiger partial charge in [0.25, 0.3) is 0 Å². The Morgan fingerprint density at radius 1 is 1.17 bits per heavy atom. The molecule has 1 aliphatic carbocycles. The van der Waals surface area contributed by atoms with Crippen LogP contribution in [-0.2, 0) is 0 Å². The van der Waals surface area contributed by atoms with E-state index < -0.39 is 0 Å². The molecule has 3 atom stereocenters. The molecule has 1 saturated carbocycles. The molecule has 1 nitrogen and oxygen atoms in total. The van der Waals surface area contributed by atoms with Gasteiger partial charge in [-0.05, 0) is 50.1 Å². The van der Waals surface area contributed by atoms with E-state index in [0.29, 0.717) is 0 Å². The molecule has 0 radical (unpaired) electrons. The quantitative estimate of drug-likeness (QED) is 0.632. The van der Waals surface area contributed by atoms with E-state index in [-0.39, 0.29) is 0 Å². The van der Waals surface area contributed by atoms with Crippen molar-refractivity contribution in [2.45, 2.75) is 39.0 Å². The van der Waals surface area contributed by atoms with Crippen LogP contribution in [0.5, 0.6) is 0 Å². The molecule has 0 spiro atoms. The van der Waals surface area contributed by atoms with Gasteiger partial charge in [-0.25, -0.2) is 0 Å². The molecule has 12 heavy (non-hydrogen) atoms. The van der Waals surface area contributed by atoms with Gasteiger partial charge in [-0.3, -0.25) is 0 Å². The third-order valence-corrected chi connectivity index (χ3v) is 3.92. The van der Waals surface area contributed by atoms with Crippen molar-refractivity contribution in [3.05, 3.63) is 0 Å². The maximum atomic E-state index is 3.52. The van der Waals surface area contributed by atoms with Crippen molar-refractivity contribution in [3.63, 3.8) is 0 Å². The Morgan fingerprint density at radius 2 is 2.08 bits per heavy atom. The molecule has 1 saturated heterocycles. The lowest BCUT2D eigenvalue weighted by Crippen LogP contribution is -2.39. The summed E-state index contributed by atoms with van der Waals surface area (Å²) in [6.45, 7) is 4.94. The monoisotopic (exact) mass is 167 g/mol. The molecule has 2 rings (SSSR count). The molecule has 3 unspecified atom stereocenters. The standard InChI is InChI=1S/C11H21N/c1-2-9-3-4-11-8-12-6-5-10(11)7-9/h9-12H,2-8H2,1H3. The molecule has 0 aromatic carbocycles. The third-order valence-electron chi connectivity index (χ3n) is 3.92. The van der Waals surface area contributed by atoms with Gasteiger partial charge >= 0.3 is 0 Å². The molecule has 1 aliphatic heterocycles. The zero-order valence-electron chi connectivity index (χ0n) is 8.18. The minimum atomic E-state index is 1.03. The molecule has 0 aromatic rings. The van der Waals surface area contributed by atoms with Gasteiger partial charge in [0.15, 0.2) is 0 Å². The average Bonchev–Trinajstić information content (AvgIpc) is 2.17. The van der Waals surface area contributed by atoms with Gasteiger partial charge in [0.2, 0.25) is 0 Å². The van der Waals surface area contributed by atoms with Gasteiger partial charge in [-0.1, -0.05) is 19.8 Å². The summed E-state index contributed by atoms with van der Waals surface area (Å²) in [6.07, 6.45) is 7.39.